The summed E-state index contributed by atoms with van der Waals surface area (Å²) in [6, 6.07) is 0. The van der Waals surface area contributed by atoms with Crippen molar-refractivity contribution in [3.05, 3.63) is 0 Å². The highest BCUT2D eigenvalue weighted by Gasteiger charge is 2.41. The van der Waals surface area contributed by atoms with Crippen molar-refractivity contribution in [2.45, 2.75) is 83.2 Å². The summed E-state index contributed by atoms with van der Waals surface area (Å²) < 4.78 is 6.46. The molecule has 3 saturated carbocycles. The average molecular weight is 409 g/mol. The standard InChI is InChI=1S/C24H44N2O3/c1-25-16-22(21-14-13-18-9-7-8-12-20(18)15-21)24(19-10-5-4-6-11-19)29-17-23(27)26(2)28-3/h18-22,24-25H,4-17H2,1-3H3/t18?,20?,21?,22-,24-/m1/s1. The molecule has 0 spiro atoms. The first-order valence-corrected chi connectivity index (χ1v) is 12.2. The SMILES string of the molecule is CNC[C@H](C1CCC2CCCCC2C1)[C@H](OCC(=O)N(C)OC)C1CCCCC1. The van der Waals surface area contributed by atoms with E-state index in [2.05, 4.69) is 12.4 Å². The number of ether oxygens (including phenoxy) is 1. The maximum absolute atomic E-state index is 12.4. The summed E-state index contributed by atoms with van der Waals surface area (Å²) in [5, 5.41) is 4.77. The monoisotopic (exact) mass is 408 g/mol. The van der Waals surface area contributed by atoms with Gasteiger partial charge in [0.15, 0.2) is 0 Å². The number of hydrogen-bond donors (Lipinski definition) is 1. The summed E-state index contributed by atoms with van der Waals surface area (Å²) in [5.41, 5.74) is 0. The lowest BCUT2D eigenvalue weighted by molar-refractivity contribution is -0.178. The van der Waals surface area contributed by atoms with Crippen LogP contribution < -0.4 is 5.32 Å². The lowest BCUT2D eigenvalue weighted by atomic mass is 9.63. The molecule has 5 heteroatoms. The van der Waals surface area contributed by atoms with Crippen LogP contribution >= 0.6 is 0 Å². The zero-order chi connectivity index (χ0) is 20.6. The molecule has 0 aromatic carbocycles. The minimum Gasteiger partial charge on any atom is -0.368 e. The number of rotatable bonds is 9. The number of hydroxylamine groups is 2. The number of likely N-dealkylation sites (N-methyl/N-ethyl adjacent to an activating group) is 1. The van der Waals surface area contributed by atoms with Crippen LogP contribution in [0, 0.1) is 29.6 Å². The summed E-state index contributed by atoms with van der Waals surface area (Å²) in [7, 11) is 5.26. The molecule has 3 aliphatic carbocycles. The Bertz CT molecular complexity index is 495. The molecule has 0 saturated heterocycles. The third-order valence-corrected chi connectivity index (χ3v) is 8.19. The third kappa shape index (κ3) is 6.18. The number of amides is 1. The van der Waals surface area contributed by atoms with E-state index in [1.54, 1.807) is 7.05 Å². The van der Waals surface area contributed by atoms with Crippen molar-refractivity contribution >= 4 is 5.91 Å². The van der Waals surface area contributed by atoms with Crippen LogP contribution in [0.5, 0.6) is 0 Å². The summed E-state index contributed by atoms with van der Waals surface area (Å²) in [5.74, 6) is 3.63. The predicted octanol–water partition coefficient (Wildman–Crippen LogP) is 4.41. The number of nitrogens with one attached hydrogen (secondary N) is 1. The molecule has 3 aliphatic rings. The van der Waals surface area contributed by atoms with E-state index in [9.17, 15) is 4.79 Å². The Morgan fingerprint density at radius 2 is 1.66 bits per heavy atom. The highest BCUT2D eigenvalue weighted by atomic mass is 16.7. The molecular formula is C24H44N2O3. The Balaban J connectivity index is 1.71. The van der Waals surface area contributed by atoms with Crippen LogP contribution in [0.2, 0.25) is 0 Å². The highest BCUT2D eigenvalue weighted by molar-refractivity contribution is 5.76. The van der Waals surface area contributed by atoms with Gasteiger partial charge in [0.25, 0.3) is 5.91 Å². The van der Waals surface area contributed by atoms with Crippen molar-refractivity contribution in [1.82, 2.24) is 10.4 Å². The van der Waals surface area contributed by atoms with E-state index in [1.165, 1.54) is 89.2 Å². The Kier molecular flexibility index (Phi) is 9.26. The van der Waals surface area contributed by atoms with Crippen molar-refractivity contribution in [3.8, 4) is 0 Å². The van der Waals surface area contributed by atoms with E-state index in [0.717, 1.165) is 24.3 Å². The van der Waals surface area contributed by atoms with Gasteiger partial charge < -0.3 is 10.1 Å². The van der Waals surface area contributed by atoms with E-state index < -0.39 is 0 Å². The molecule has 0 bridgehead atoms. The Morgan fingerprint density at radius 1 is 0.966 bits per heavy atom. The van der Waals surface area contributed by atoms with E-state index in [1.807, 2.05) is 0 Å². The Hall–Kier alpha value is -0.650. The second-order valence-corrected chi connectivity index (χ2v) is 9.85. The largest absolute Gasteiger partial charge is 0.368 e. The van der Waals surface area contributed by atoms with Gasteiger partial charge in [-0.3, -0.25) is 9.63 Å². The molecule has 5 nitrogen and oxygen atoms in total. The van der Waals surface area contributed by atoms with Crippen molar-refractivity contribution in [1.29, 1.82) is 0 Å². The van der Waals surface area contributed by atoms with Gasteiger partial charge in [0.2, 0.25) is 0 Å². The van der Waals surface area contributed by atoms with Gasteiger partial charge in [-0.1, -0.05) is 44.9 Å². The fraction of sp³-hybridized carbons (Fsp3) is 0.958. The predicted molar refractivity (Wildman–Crippen MR) is 116 cm³/mol. The van der Waals surface area contributed by atoms with E-state index in [4.69, 9.17) is 9.57 Å². The molecule has 0 aromatic heterocycles. The Morgan fingerprint density at radius 3 is 2.34 bits per heavy atom. The van der Waals surface area contributed by atoms with Gasteiger partial charge >= 0.3 is 0 Å². The Labute approximate surface area is 178 Å². The van der Waals surface area contributed by atoms with Crippen LogP contribution in [0.4, 0.5) is 0 Å². The quantitative estimate of drug-likeness (QED) is 0.574. The highest BCUT2D eigenvalue weighted by Crippen LogP contribution is 2.47. The lowest BCUT2D eigenvalue weighted by Gasteiger charge is -2.45. The smallest absolute Gasteiger partial charge is 0.271 e. The van der Waals surface area contributed by atoms with Crippen LogP contribution in [0.15, 0.2) is 0 Å². The number of nitrogens with zero attached hydrogens (tertiary/aromatic N) is 1. The number of carbonyl (C=O) groups excluding carboxylic acids is 1. The second-order valence-electron chi connectivity index (χ2n) is 9.85. The van der Waals surface area contributed by atoms with Gasteiger partial charge in [-0.15, -0.1) is 0 Å². The van der Waals surface area contributed by atoms with Crippen molar-refractivity contribution in [3.63, 3.8) is 0 Å². The minimum absolute atomic E-state index is 0.0903. The molecule has 0 radical (unpaired) electrons. The maximum atomic E-state index is 12.4. The summed E-state index contributed by atoms with van der Waals surface area (Å²) in [6.07, 6.45) is 16.5. The van der Waals surface area contributed by atoms with Gasteiger partial charge in [-0.2, -0.15) is 0 Å². The average Bonchev–Trinajstić information content (AvgIpc) is 2.78. The topological polar surface area (TPSA) is 50.8 Å². The van der Waals surface area contributed by atoms with Crippen LogP contribution in [0.3, 0.4) is 0 Å². The van der Waals surface area contributed by atoms with Crippen molar-refractivity contribution in [2.24, 2.45) is 29.6 Å². The summed E-state index contributed by atoms with van der Waals surface area (Å²) in [6.45, 7) is 1.13. The molecular weight excluding hydrogens is 364 g/mol. The summed E-state index contributed by atoms with van der Waals surface area (Å²) in [4.78, 5) is 17.4. The zero-order valence-electron chi connectivity index (χ0n) is 19.0. The molecule has 3 unspecified atom stereocenters. The molecule has 5 atom stereocenters. The fourth-order valence-electron chi connectivity index (χ4n) is 6.52. The number of hydrogen-bond acceptors (Lipinski definition) is 4. The van der Waals surface area contributed by atoms with Gasteiger partial charge in [0.1, 0.15) is 6.61 Å². The first-order valence-electron chi connectivity index (χ1n) is 12.2. The molecule has 1 N–H and O–H groups in total. The lowest BCUT2D eigenvalue weighted by Crippen LogP contribution is -2.46. The van der Waals surface area contributed by atoms with Gasteiger partial charge in [-0.05, 0) is 62.8 Å². The molecule has 1 amide bonds. The van der Waals surface area contributed by atoms with Crippen LogP contribution in [0.1, 0.15) is 77.0 Å². The second kappa shape index (κ2) is 11.7. The van der Waals surface area contributed by atoms with Gasteiger partial charge in [0.05, 0.1) is 13.2 Å². The molecule has 0 aliphatic heterocycles. The van der Waals surface area contributed by atoms with Gasteiger partial charge in [0, 0.05) is 19.5 Å². The zero-order valence-corrected chi connectivity index (χ0v) is 19.0. The van der Waals surface area contributed by atoms with Gasteiger partial charge in [-0.25, -0.2) is 5.06 Å². The van der Waals surface area contributed by atoms with Crippen molar-refractivity contribution in [2.75, 3.05) is 34.4 Å². The third-order valence-electron chi connectivity index (χ3n) is 8.19. The first-order chi connectivity index (χ1) is 14.1. The fourth-order valence-corrected chi connectivity index (χ4v) is 6.52. The van der Waals surface area contributed by atoms with Crippen LogP contribution in [-0.4, -0.2) is 51.4 Å². The molecule has 3 fully saturated rings. The number of carbonyl (C=O) groups is 1. The maximum Gasteiger partial charge on any atom is 0.271 e. The first kappa shape index (κ1) is 23.0. The molecule has 168 valence electrons. The van der Waals surface area contributed by atoms with Crippen LogP contribution in [0.25, 0.3) is 0 Å². The van der Waals surface area contributed by atoms with E-state index >= 15 is 0 Å². The van der Waals surface area contributed by atoms with Crippen LogP contribution in [-0.2, 0) is 14.4 Å². The number of fused-ring (bicyclic) bond motifs is 1. The minimum atomic E-state index is -0.0903. The summed E-state index contributed by atoms with van der Waals surface area (Å²) >= 11 is 0. The van der Waals surface area contributed by atoms with Crippen molar-refractivity contribution < 1.29 is 14.4 Å². The normalized spacial score (nSPS) is 30.4. The van der Waals surface area contributed by atoms with E-state index in [0.29, 0.717) is 11.8 Å². The van der Waals surface area contributed by atoms with E-state index in [-0.39, 0.29) is 18.6 Å². The molecule has 0 heterocycles. The molecule has 29 heavy (non-hydrogen) atoms. The molecule has 3 rings (SSSR count). The molecule has 0 aromatic rings.